The lowest BCUT2D eigenvalue weighted by Crippen LogP contribution is -2.71. The van der Waals surface area contributed by atoms with Crippen molar-refractivity contribution in [1.82, 2.24) is 10.6 Å². The normalized spacial score (nSPS) is 34.8. The first-order valence-corrected chi connectivity index (χ1v) is 7.08. The third kappa shape index (κ3) is 2.35. The van der Waals surface area contributed by atoms with Gasteiger partial charge in [0.25, 0.3) is 0 Å². The lowest BCUT2D eigenvalue weighted by molar-refractivity contribution is -0.188. The zero-order valence-corrected chi connectivity index (χ0v) is 12.3. The SMILES string of the molecule is CN=C(NC(C)C)NC1C2CCCOC2C1(C)C. The van der Waals surface area contributed by atoms with Crippen molar-refractivity contribution in [3.63, 3.8) is 0 Å². The van der Waals surface area contributed by atoms with Gasteiger partial charge in [-0.15, -0.1) is 0 Å². The van der Waals surface area contributed by atoms with Crippen molar-refractivity contribution in [3.8, 4) is 0 Å². The second kappa shape index (κ2) is 5.08. The Bertz CT molecular complexity index is 325. The average molecular weight is 253 g/mol. The lowest BCUT2D eigenvalue weighted by Gasteiger charge is -2.60. The van der Waals surface area contributed by atoms with Crippen LogP contribution < -0.4 is 10.6 Å². The maximum Gasteiger partial charge on any atom is 0.191 e. The van der Waals surface area contributed by atoms with Crippen LogP contribution in [0.15, 0.2) is 4.99 Å². The number of hydrogen-bond donors (Lipinski definition) is 2. The Kier molecular flexibility index (Phi) is 3.85. The maximum atomic E-state index is 5.92. The van der Waals surface area contributed by atoms with Crippen molar-refractivity contribution in [2.24, 2.45) is 16.3 Å². The molecule has 1 saturated heterocycles. The molecule has 0 radical (unpaired) electrons. The van der Waals surface area contributed by atoms with Gasteiger partial charge in [-0.3, -0.25) is 4.99 Å². The highest BCUT2D eigenvalue weighted by atomic mass is 16.5. The van der Waals surface area contributed by atoms with Gasteiger partial charge in [-0.1, -0.05) is 13.8 Å². The Hall–Kier alpha value is -0.770. The summed E-state index contributed by atoms with van der Waals surface area (Å²) < 4.78 is 5.92. The van der Waals surface area contributed by atoms with Crippen molar-refractivity contribution < 1.29 is 4.74 Å². The predicted octanol–water partition coefficient (Wildman–Crippen LogP) is 1.76. The standard InChI is InChI=1S/C14H27N3O/c1-9(2)16-13(15-5)17-11-10-7-6-8-18-12(10)14(11,3)4/h9-12H,6-8H2,1-5H3,(H2,15,16,17). The summed E-state index contributed by atoms with van der Waals surface area (Å²) in [7, 11) is 1.83. The van der Waals surface area contributed by atoms with Gasteiger partial charge in [0.2, 0.25) is 0 Å². The molecule has 1 aliphatic carbocycles. The summed E-state index contributed by atoms with van der Waals surface area (Å²) in [5, 5.41) is 6.94. The fraction of sp³-hybridized carbons (Fsp3) is 0.929. The molecule has 1 aliphatic heterocycles. The van der Waals surface area contributed by atoms with E-state index >= 15 is 0 Å². The van der Waals surface area contributed by atoms with Crippen LogP contribution in [-0.2, 0) is 4.74 Å². The Morgan fingerprint density at radius 3 is 2.72 bits per heavy atom. The number of nitrogens with zero attached hydrogens (tertiary/aromatic N) is 1. The average Bonchev–Trinajstić information content (AvgIpc) is 2.33. The summed E-state index contributed by atoms with van der Waals surface area (Å²) in [5.41, 5.74) is 0.194. The smallest absolute Gasteiger partial charge is 0.191 e. The van der Waals surface area contributed by atoms with Crippen LogP contribution in [-0.4, -0.2) is 37.8 Å². The van der Waals surface area contributed by atoms with E-state index in [2.05, 4.69) is 43.3 Å². The largest absolute Gasteiger partial charge is 0.377 e. The molecule has 3 unspecified atom stereocenters. The maximum absolute atomic E-state index is 5.92. The minimum absolute atomic E-state index is 0.194. The van der Waals surface area contributed by atoms with E-state index in [-0.39, 0.29) is 5.41 Å². The van der Waals surface area contributed by atoms with E-state index in [9.17, 15) is 0 Å². The lowest BCUT2D eigenvalue weighted by atomic mass is 9.55. The molecule has 2 N–H and O–H groups in total. The van der Waals surface area contributed by atoms with Crippen LogP contribution in [0.5, 0.6) is 0 Å². The minimum atomic E-state index is 0.194. The monoisotopic (exact) mass is 253 g/mol. The van der Waals surface area contributed by atoms with Gasteiger partial charge in [0.05, 0.1) is 6.10 Å². The molecule has 0 aromatic rings. The Morgan fingerprint density at radius 2 is 2.11 bits per heavy atom. The molecule has 0 bridgehead atoms. The summed E-state index contributed by atoms with van der Waals surface area (Å²) in [5.74, 6) is 1.55. The van der Waals surface area contributed by atoms with Crippen molar-refractivity contribution >= 4 is 5.96 Å². The fourth-order valence-corrected chi connectivity index (χ4v) is 3.41. The highest BCUT2D eigenvalue weighted by Gasteiger charge is 2.58. The molecule has 2 aliphatic rings. The van der Waals surface area contributed by atoms with Gasteiger partial charge in [0.1, 0.15) is 0 Å². The van der Waals surface area contributed by atoms with Crippen LogP contribution in [0.2, 0.25) is 0 Å². The van der Waals surface area contributed by atoms with Crippen LogP contribution in [0.4, 0.5) is 0 Å². The molecule has 0 amide bonds. The van der Waals surface area contributed by atoms with Gasteiger partial charge in [0.15, 0.2) is 5.96 Å². The second-order valence-corrected chi connectivity index (χ2v) is 6.41. The van der Waals surface area contributed by atoms with Crippen molar-refractivity contribution in [2.75, 3.05) is 13.7 Å². The third-order valence-electron chi connectivity index (χ3n) is 4.27. The van der Waals surface area contributed by atoms with Crippen LogP contribution in [0.1, 0.15) is 40.5 Å². The highest BCUT2D eigenvalue weighted by molar-refractivity contribution is 5.80. The Labute approximate surface area is 111 Å². The van der Waals surface area contributed by atoms with Gasteiger partial charge in [-0.25, -0.2) is 0 Å². The molecule has 1 saturated carbocycles. The minimum Gasteiger partial charge on any atom is -0.377 e. The third-order valence-corrected chi connectivity index (χ3v) is 4.27. The summed E-state index contributed by atoms with van der Waals surface area (Å²) >= 11 is 0. The summed E-state index contributed by atoms with van der Waals surface area (Å²) in [6.07, 6.45) is 2.87. The number of aliphatic imine (C=N–C) groups is 1. The number of ether oxygens (including phenoxy) is 1. The number of nitrogens with one attached hydrogen (secondary N) is 2. The molecule has 3 atom stereocenters. The topological polar surface area (TPSA) is 45.7 Å². The van der Waals surface area contributed by atoms with Gasteiger partial charge in [-0.2, -0.15) is 0 Å². The number of hydrogen-bond acceptors (Lipinski definition) is 2. The highest BCUT2D eigenvalue weighted by Crippen LogP contribution is 2.51. The van der Waals surface area contributed by atoms with E-state index in [1.807, 2.05) is 7.05 Å². The Morgan fingerprint density at radius 1 is 1.39 bits per heavy atom. The first-order valence-electron chi connectivity index (χ1n) is 7.08. The number of fused-ring (bicyclic) bond motifs is 1. The summed E-state index contributed by atoms with van der Waals surface area (Å²) in [4.78, 5) is 4.31. The van der Waals surface area contributed by atoms with Crippen molar-refractivity contribution in [3.05, 3.63) is 0 Å². The molecule has 0 aromatic heterocycles. The summed E-state index contributed by atoms with van der Waals surface area (Å²) in [6.45, 7) is 9.77. The van der Waals surface area contributed by atoms with Crippen LogP contribution >= 0.6 is 0 Å². The summed E-state index contributed by atoms with van der Waals surface area (Å²) in [6, 6.07) is 0.866. The molecule has 18 heavy (non-hydrogen) atoms. The molecule has 0 spiro atoms. The van der Waals surface area contributed by atoms with Gasteiger partial charge < -0.3 is 15.4 Å². The van der Waals surface area contributed by atoms with Crippen LogP contribution in [0.3, 0.4) is 0 Å². The number of rotatable bonds is 2. The molecule has 104 valence electrons. The zero-order chi connectivity index (χ0) is 13.3. The van der Waals surface area contributed by atoms with Crippen LogP contribution in [0, 0.1) is 11.3 Å². The van der Waals surface area contributed by atoms with E-state index in [0.717, 1.165) is 12.6 Å². The molecular formula is C14H27N3O. The molecule has 0 aromatic carbocycles. The van der Waals surface area contributed by atoms with E-state index in [1.54, 1.807) is 0 Å². The molecule has 4 heteroatoms. The first-order chi connectivity index (χ1) is 8.46. The molecule has 4 nitrogen and oxygen atoms in total. The van der Waals surface area contributed by atoms with E-state index in [1.165, 1.54) is 12.8 Å². The van der Waals surface area contributed by atoms with E-state index in [4.69, 9.17) is 4.74 Å². The predicted molar refractivity (Wildman–Crippen MR) is 74.8 cm³/mol. The van der Waals surface area contributed by atoms with Gasteiger partial charge in [-0.05, 0) is 26.7 Å². The fourth-order valence-electron chi connectivity index (χ4n) is 3.41. The Balaban J connectivity index is 2.00. The first kappa shape index (κ1) is 13.7. The van der Waals surface area contributed by atoms with Crippen LogP contribution in [0.25, 0.3) is 0 Å². The van der Waals surface area contributed by atoms with Gasteiger partial charge in [0, 0.05) is 37.1 Å². The van der Waals surface area contributed by atoms with Crippen molar-refractivity contribution in [2.45, 2.75) is 58.7 Å². The van der Waals surface area contributed by atoms with E-state index < -0.39 is 0 Å². The second-order valence-electron chi connectivity index (χ2n) is 6.41. The quantitative estimate of drug-likeness (QED) is 0.582. The zero-order valence-electron chi connectivity index (χ0n) is 12.3. The molecule has 2 rings (SSSR count). The number of guanidine groups is 1. The van der Waals surface area contributed by atoms with Crippen molar-refractivity contribution in [1.29, 1.82) is 0 Å². The van der Waals surface area contributed by atoms with Gasteiger partial charge >= 0.3 is 0 Å². The molecule has 1 heterocycles. The van der Waals surface area contributed by atoms with E-state index in [0.29, 0.717) is 24.1 Å². The molecular weight excluding hydrogens is 226 g/mol. The molecule has 2 fully saturated rings.